The molecular weight excluding hydrogens is 340 g/mol. The number of benzene rings is 1. The summed E-state index contributed by atoms with van der Waals surface area (Å²) >= 11 is 0. The van der Waals surface area contributed by atoms with Crippen LogP contribution in [0.4, 0.5) is 11.5 Å². The van der Waals surface area contributed by atoms with Gasteiger partial charge in [-0.05, 0) is 63.3 Å². The lowest BCUT2D eigenvalue weighted by Gasteiger charge is -2.13. The second-order valence-corrected chi connectivity index (χ2v) is 6.47. The van der Waals surface area contributed by atoms with Crippen LogP contribution in [0.3, 0.4) is 0 Å². The molecule has 0 saturated carbocycles. The Morgan fingerprint density at radius 2 is 2.04 bits per heavy atom. The molecule has 1 aromatic carbocycles. The van der Waals surface area contributed by atoms with E-state index in [2.05, 4.69) is 26.9 Å². The highest BCUT2D eigenvalue weighted by Gasteiger charge is 2.12. The molecule has 0 spiro atoms. The predicted molar refractivity (Wildman–Crippen MR) is 107 cm³/mol. The minimum atomic E-state index is -0.312. The van der Waals surface area contributed by atoms with Gasteiger partial charge in [-0.3, -0.25) is 4.79 Å². The molecular formula is C21H26N4O2. The second kappa shape index (κ2) is 9.71. The number of aromatic nitrogens is 2. The minimum Gasteiger partial charge on any atom is -0.492 e. The normalized spacial score (nSPS) is 13.6. The molecule has 3 rings (SSSR count). The molecule has 2 aromatic rings. The first-order valence-electron chi connectivity index (χ1n) is 9.55. The molecule has 0 saturated heterocycles. The van der Waals surface area contributed by atoms with Crippen LogP contribution in [-0.4, -0.2) is 29.3 Å². The molecule has 1 aliphatic carbocycles. The molecule has 6 heteroatoms. The molecule has 1 amide bonds. The molecule has 0 bridgehead atoms. The Bertz CT molecular complexity index is 787. The van der Waals surface area contributed by atoms with E-state index in [1.807, 2.05) is 25.1 Å². The highest BCUT2D eigenvalue weighted by Crippen LogP contribution is 2.24. The van der Waals surface area contributed by atoms with Gasteiger partial charge in [0, 0.05) is 6.54 Å². The topological polar surface area (TPSA) is 76.1 Å². The van der Waals surface area contributed by atoms with Crippen LogP contribution in [0.2, 0.25) is 0 Å². The van der Waals surface area contributed by atoms with Crippen molar-refractivity contribution in [1.29, 1.82) is 0 Å². The second-order valence-electron chi connectivity index (χ2n) is 6.47. The van der Waals surface area contributed by atoms with Crippen molar-refractivity contribution < 1.29 is 9.53 Å². The quantitative estimate of drug-likeness (QED) is 0.676. The number of hydrogen-bond acceptors (Lipinski definition) is 5. The number of amides is 1. The molecule has 2 N–H and O–H groups in total. The number of nitrogens with zero attached hydrogens (tertiary/aromatic N) is 2. The Kier molecular flexibility index (Phi) is 6.79. The van der Waals surface area contributed by atoms with E-state index in [4.69, 9.17) is 4.74 Å². The summed E-state index contributed by atoms with van der Waals surface area (Å²) in [5.41, 5.74) is 2.40. The molecule has 6 nitrogen and oxygen atoms in total. The number of rotatable bonds is 8. The Morgan fingerprint density at radius 3 is 2.78 bits per heavy atom. The van der Waals surface area contributed by atoms with Crippen LogP contribution in [0.15, 0.2) is 48.0 Å². The van der Waals surface area contributed by atoms with Crippen LogP contribution in [0.5, 0.6) is 5.75 Å². The first kappa shape index (κ1) is 18.9. The number of carbonyl (C=O) groups is 1. The monoisotopic (exact) mass is 366 g/mol. The van der Waals surface area contributed by atoms with E-state index < -0.39 is 0 Å². The van der Waals surface area contributed by atoms with Gasteiger partial charge in [0.25, 0.3) is 5.91 Å². The van der Waals surface area contributed by atoms with Gasteiger partial charge in [0.1, 0.15) is 11.6 Å². The average molecular weight is 366 g/mol. The van der Waals surface area contributed by atoms with Crippen molar-refractivity contribution in [1.82, 2.24) is 10.2 Å². The summed E-state index contributed by atoms with van der Waals surface area (Å²) < 4.78 is 5.52. The van der Waals surface area contributed by atoms with Crippen molar-refractivity contribution in [3.8, 4) is 5.75 Å². The maximum atomic E-state index is 12.4. The Labute approximate surface area is 160 Å². The van der Waals surface area contributed by atoms with Gasteiger partial charge in [0.2, 0.25) is 0 Å². The highest BCUT2D eigenvalue weighted by atomic mass is 16.5. The van der Waals surface area contributed by atoms with Gasteiger partial charge >= 0.3 is 0 Å². The predicted octanol–water partition coefficient (Wildman–Crippen LogP) is 4.43. The molecule has 0 aliphatic heterocycles. The molecule has 0 atom stereocenters. The summed E-state index contributed by atoms with van der Waals surface area (Å²) in [6.45, 7) is 3.26. The Hall–Kier alpha value is -2.89. The molecule has 1 heterocycles. The first-order chi connectivity index (χ1) is 13.3. The standard InChI is InChI=1S/C21H26N4O2/c1-2-27-19-11-7-6-10-17(19)23-21(26)18-12-13-20(25-24-18)22-15-14-16-8-4-3-5-9-16/h6-8,10-13H,2-5,9,14-15H2,1H3,(H,22,25)(H,23,26). The van der Waals surface area contributed by atoms with Crippen LogP contribution < -0.4 is 15.4 Å². The lowest BCUT2D eigenvalue weighted by Crippen LogP contribution is -2.16. The fourth-order valence-electron chi connectivity index (χ4n) is 3.07. The van der Waals surface area contributed by atoms with Crippen LogP contribution in [0, 0.1) is 0 Å². The van der Waals surface area contributed by atoms with E-state index in [0.29, 0.717) is 23.9 Å². The van der Waals surface area contributed by atoms with Gasteiger partial charge in [-0.1, -0.05) is 23.8 Å². The van der Waals surface area contributed by atoms with Crippen molar-refractivity contribution in [2.75, 3.05) is 23.8 Å². The number of para-hydroxylation sites is 2. The van der Waals surface area contributed by atoms with E-state index >= 15 is 0 Å². The zero-order chi connectivity index (χ0) is 18.9. The summed E-state index contributed by atoms with van der Waals surface area (Å²) in [5, 5.41) is 14.2. The minimum absolute atomic E-state index is 0.266. The Balaban J connectivity index is 1.53. The summed E-state index contributed by atoms with van der Waals surface area (Å²) in [6.07, 6.45) is 8.38. The third kappa shape index (κ3) is 5.54. The van der Waals surface area contributed by atoms with E-state index in [-0.39, 0.29) is 11.6 Å². The third-order valence-corrected chi connectivity index (χ3v) is 4.47. The summed E-state index contributed by atoms with van der Waals surface area (Å²) in [5.74, 6) is 1.00. The zero-order valence-corrected chi connectivity index (χ0v) is 15.7. The van der Waals surface area contributed by atoms with Gasteiger partial charge in [-0.25, -0.2) is 0 Å². The number of carbonyl (C=O) groups excluding carboxylic acids is 1. The van der Waals surface area contributed by atoms with Gasteiger partial charge < -0.3 is 15.4 Å². The number of hydrogen-bond donors (Lipinski definition) is 2. The number of nitrogens with one attached hydrogen (secondary N) is 2. The van der Waals surface area contributed by atoms with Crippen molar-refractivity contribution in [2.24, 2.45) is 0 Å². The fourth-order valence-corrected chi connectivity index (χ4v) is 3.07. The molecule has 1 aliphatic rings. The van der Waals surface area contributed by atoms with Crippen LogP contribution in [0.25, 0.3) is 0 Å². The van der Waals surface area contributed by atoms with Gasteiger partial charge in [0.05, 0.1) is 12.3 Å². The lowest BCUT2D eigenvalue weighted by molar-refractivity contribution is 0.102. The molecule has 142 valence electrons. The van der Waals surface area contributed by atoms with Crippen LogP contribution in [-0.2, 0) is 0 Å². The molecule has 27 heavy (non-hydrogen) atoms. The smallest absolute Gasteiger partial charge is 0.276 e. The van der Waals surface area contributed by atoms with Gasteiger partial charge in [-0.15, -0.1) is 10.2 Å². The Morgan fingerprint density at radius 1 is 1.15 bits per heavy atom. The maximum absolute atomic E-state index is 12.4. The summed E-state index contributed by atoms with van der Waals surface area (Å²) in [4.78, 5) is 12.4. The van der Waals surface area contributed by atoms with E-state index in [0.717, 1.165) is 13.0 Å². The summed E-state index contributed by atoms with van der Waals surface area (Å²) in [6, 6.07) is 10.8. The maximum Gasteiger partial charge on any atom is 0.276 e. The fraction of sp³-hybridized carbons (Fsp3) is 0.381. The average Bonchev–Trinajstić information content (AvgIpc) is 2.71. The van der Waals surface area contributed by atoms with E-state index in [1.165, 1.54) is 31.3 Å². The molecule has 1 aromatic heterocycles. The third-order valence-electron chi connectivity index (χ3n) is 4.47. The van der Waals surface area contributed by atoms with Crippen LogP contribution >= 0.6 is 0 Å². The molecule has 0 fully saturated rings. The molecule has 0 radical (unpaired) electrons. The lowest BCUT2D eigenvalue weighted by atomic mass is 9.97. The zero-order valence-electron chi connectivity index (χ0n) is 15.7. The highest BCUT2D eigenvalue weighted by molar-refractivity contribution is 6.03. The van der Waals surface area contributed by atoms with Gasteiger partial charge in [0.15, 0.2) is 5.69 Å². The van der Waals surface area contributed by atoms with Crippen LogP contribution in [0.1, 0.15) is 49.5 Å². The van der Waals surface area contributed by atoms with Crippen molar-refractivity contribution >= 4 is 17.4 Å². The van der Waals surface area contributed by atoms with Crippen molar-refractivity contribution in [2.45, 2.75) is 39.0 Å². The summed E-state index contributed by atoms with van der Waals surface area (Å²) in [7, 11) is 0. The van der Waals surface area contributed by atoms with Gasteiger partial charge in [-0.2, -0.15) is 0 Å². The van der Waals surface area contributed by atoms with E-state index in [9.17, 15) is 4.79 Å². The van der Waals surface area contributed by atoms with Crippen molar-refractivity contribution in [3.63, 3.8) is 0 Å². The number of ether oxygens (including phenoxy) is 1. The van der Waals surface area contributed by atoms with E-state index in [1.54, 1.807) is 18.2 Å². The number of anilines is 2. The molecule has 0 unspecified atom stereocenters. The van der Waals surface area contributed by atoms with Crippen molar-refractivity contribution in [3.05, 3.63) is 53.7 Å². The largest absolute Gasteiger partial charge is 0.492 e. The first-order valence-corrected chi connectivity index (χ1v) is 9.55. The number of allylic oxidation sites excluding steroid dienone is 1. The SMILES string of the molecule is CCOc1ccccc1NC(=O)c1ccc(NCCC2=CCCCC2)nn1.